The lowest BCUT2D eigenvalue weighted by Crippen LogP contribution is -2.35. The van der Waals surface area contributed by atoms with E-state index < -0.39 is 6.10 Å². The molecule has 0 aromatic rings. The number of amides is 1. The van der Waals surface area contributed by atoms with Crippen LogP contribution in [-0.4, -0.2) is 38.8 Å². The van der Waals surface area contributed by atoms with Gasteiger partial charge in [-0.1, -0.05) is 5.92 Å². The summed E-state index contributed by atoms with van der Waals surface area (Å²) in [5.41, 5.74) is 0. The largest absolute Gasteiger partial charge is 0.367 e. The molecule has 0 rings (SSSR count). The fourth-order valence-electron chi connectivity index (χ4n) is 0.695. The Morgan fingerprint density at radius 3 is 2.92 bits per heavy atom. The van der Waals surface area contributed by atoms with E-state index >= 15 is 0 Å². The SMILES string of the molecule is C#CCNC(=O)C(C)OCCNC. The molecule has 2 N–H and O–H groups in total. The maximum Gasteiger partial charge on any atom is 0.249 e. The summed E-state index contributed by atoms with van der Waals surface area (Å²) in [6.45, 7) is 3.19. The second-order valence-electron chi connectivity index (χ2n) is 2.54. The Labute approximate surface area is 79.0 Å². The minimum absolute atomic E-state index is 0.172. The fourth-order valence-corrected chi connectivity index (χ4v) is 0.695. The van der Waals surface area contributed by atoms with E-state index in [0.29, 0.717) is 6.61 Å². The van der Waals surface area contributed by atoms with Gasteiger partial charge in [0.2, 0.25) is 5.91 Å². The molecule has 74 valence electrons. The van der Waals surface area contributed by atoms with Crippen molar-refractivity contribution in [1.82, 2.24) is 10.6 Å². The van der Waals surface area contributed by atoms with Gasteiger partial charge in [-0.25, -0.2) is 0 Å². The van der Waals surface area contributed by atoms with E-state index in [1.54, 1.807) is 6.92 Å². The zero-order chi connectivity index (χ0) is 10.1. The van der Waals surface area contributed by atoms with Crippen molar-refractivity contribution in [3.8, 4) is 12.3 Å². The molecular weight excluding hydrogens is 168 g/mol. The molecular formula is C9H16N2O2. The van der Waals surface area contributed by atoms with Crippen LogP contribution >= 0.6 is 0 Å². The zero-order valence-corrected chi connectivity index (χ0v) is 8.09. The second kappa shape index (κ2) is 7.59. The van der Waals surface area contributed by atoms with Crippen molar-refractivity contribution in [3.05, 3.63) is 0 Å². The monoisotopic (exact) mass is 184 g/mol. The first-order valence-electron chi connectivity index (χ1n) is 4.19. The van der Waals surface area contributed by atoms with Crippen molar-refractivity contribution in [2.75, 3.05) is 26.7 Å². The first kappa shape index (κ1) is 11.9. The summed E-state index contributed by atoms with van der Waals surface area (Å²) in [6, 6.07) is 0. The van der Waals surface area contributed by atoms with Gasteiger partial charge < -0.3 is 15.4 Å². The Hall–Kier alpha value is -1.05. The van der Waals surface area contributed by atoms with Gasteiger partial charge in [-0.15, -0.1) is 6.42 Å². The van der Waals surface area contributed by atoms with Crippen molar-refractivity contribution >= 4 is 5.91 Å². The molecule has 0 saturated carbocycles. The van der Waals surface area contributed by atoms with E-state index in [1.807, 2.05) is 7.05 Å². The van der Waals surface area contributed by atoms with Gasteiger partial charge in [0.15, 0.2) is 0 Å². The number of hydrogen-bond donors (Lipinski definition) is 2. The van der Waals surface area contributed by atoms with Crippen molar-refractivity contribution in [2.24, 2.45) is 0 Å². The quantitative estimate of drug-likeness (QED) is 0.426. The zero-order valence-electron chi connectivity index (χ0n) is 8.09. The van der Waals surface area contributed by atoms with Crippen molar-refractivity contribution in [2.45, 2.75) is 13.0 Å². The van der Waals surface area contributed by atoms with Crippen molar-refractivity contribution in [1.29, 1.82) is 0 Å². The predicted molar refractivity (Wildman–Crippen MR) is 51.2 cm³/mol. The number of carbonyl (C=O) groups excluding carboxylic acids is 1. The standard InChI is InChI=1S/C9H16N2O2/c1-4-5-11-9(12)8(2)13-7-6-10-3/h1,8,10H,5-7H2,2-3H3,(H,11,12). The molecule has 1 atom stereocenters. The summed E-state index contributed by atoms with van der Waals surface area (Å²) in [4.78, 5) is 11.1. The molecule has 0 radical (unpaired) electrons. The summed E-state index contributed by atoms with van der Waals surface area (Å²) >= 11 is 0. The highest BCUT2D eigenvalue weighted by molar-refractivity contribution is 5.80. The number of terminal acetylenes is 1. The molecule has 0 aliphatic carbocycles. The first-order chi connectivity index (χ1) is 6.22. The molecule has 0 spiro atoms. The van der Waals surface area contributed by atoms with Gasteiger partial charge in [-0.2, -0.15) is 0 Å². The smallest absolute Gasteiger partial charge is 0.249 e. The topological polar surface area (TPSA) is 50.4 Å². The minimum Gasteiger partial charge on any atom is -0.367 e. The van der Waals surface area contributed by atoms with Crippen LogP contribution in [0, 0.1) is 12.3 Å². The summed E-state index contributed by atoms with van der Waals surface area (Å²) in [7, 11) is 1.83. The summed E-state index contributed by atoms with van der Waals surface area (Å²) in [5, 5.41) is 5.45. The third kappa shape index (κ3) is 6.14. The maximum absolute atomic E-state index is 11.1. The van der Waals surface area contributed by atoms with Gasteiger partial charge in [0, 0.05) is 6.54 Å². The van der Waals surface area contributed by atoms with E-state index in [2.05, 4.69) is 16.6 Å². The molecule has 0 saturated heterocycles. The average molecular weight is 184 g/mol. The van der Waals surface area contributed by atoms with E-state index in [-0.39, 0.29) is 12.5 Å². The van der Waals surface area contributed by atoms with Gasteiger partial charge >= 0.3 is 0 Å². The number of hydrogen-bond acceptors (Lipinski definition) is 3. The van der Waals surface area contributed by atoms with Gasteiger partial charge in [-0.05, 0) is 14.0 Å². The Balaban J connectivity index is 3.52. The first-order valence-corrected chi connectivity index (χ1v) is 4.19. The fraction of sp³-hybridized carbons (Fsp3) is 0.667. The molecule has 13 heavy (non-hydrogen) atoms. The van der Waals surface area contributed by atoms with Crippen molar-refractivity contribution in [3.63, 3.8) is 0 Å². The molecule has 0 aromatic carbocycles. The summed E-state index contributed by atoms with van der Waals surface area (Å²) in [6.07, 6.45) is 4.54. The molecule has 4 nitrogen and oxygen atoms in total. The van der Waals surface area contributed by atoms with Gasteiger partial charge in [0.05, 0.1) is 13.2 Å². The number of nitrogens with one attached hydrogen (secondary N) is 2. The maximum atomic E-state index is 11.1. The average Bonchev–Trinajstić information content (AvgIpc) is 2.14. The number of ether oxygens (including phenoxy) is 1. The van der Waals surface area contributed by atoms with Gasteiger partial charge in [0.25, 0.3) is 0 Å². The molecule has 0 aliphatic heterocycles. The Kier molecular flexibility index (Phi) is 6.98. The molecule has 1 amide bonds. The van der Waals surface area contributed by atoms with Crippen LogP contribution in [0.2, 0.25) is 0 Å². The van der Waals surface area contributed by atoms with Crippen LogP contribution < -0.4 is 10.6 Å². The van der Waals surface area contributed by atoms with E-state index in [9.17, 15) is 4.79 Å². The molecule has 0 heterocycles. The van der Waals surface area contributed by atoms with Crippen LogP contribution in [0.1, 0.15) is 6.92 Å². The summed E-state index contributed by atoms with van der Waals surface area (Å²) < 4.78 is 5.20. The van der Waals surface area contributed by atoms with Crippen molar-refractivity contribution < 1.29 is 9.53 Å². The molecule has 0 bridgehead atoms. The third-order valence-corrected chi connectivity index (χ3v) is 1.45. The lowest BCUT2D eigenvalue weighted by atomic mass is 10.4. The lowest BCUT2D eigenvalue weighted by Gasteiger charge is -2.11. The van der Waals surface area contributed by atoms with E-state index in [4.69, 9.17) is 11.2 Å². The number of carbonyl (C=O) groups is 1. The number of likely N-dealkylation sites (N-methyl/N-ethyl adjacent to an activating group) is 1. The molecule has 4 heteroatoms. The van der Waals surface area contributed by atoms with Crippen LogP contribution in [0.25, 0.3) is 0 Å². The Morgan fingerprint density at radius 1 is 1.69 bits per heavy atom. The lowest BCUT2D eigenvalue weighted by molar-refractivity contribution is -0.131. The predicted octanol–water partition coefficient (Wildman–Crippen LogP) is -0.640. The number of rotatable bonds is 6. The highest BCUT2D eigenvalue weighted by atomic mass is 16.5. The van der Waals surface area contributed by atoms with E-state index in [1.165, 1.54) is 0 Å². The minimum atomic E-state index is -0.443. The van der Waals surface area contributed by atoms with Crippen LogP contribution in [0.15, 0.2) is 0 Å². The molecule has 0 aliphatic rings. The Morgan fingerprint density at radius 2 is 2.38 bits per heavy atom. The normalized spacial score (nSPS) is 11.8. The molecule has 0 aromatic heterocycles. The summed E-state index contributed by atoms with van der Waals surface area (Å²) in [5.74, 6) is 2.15. The van der Waals surface area contributed by atoms with Crippen LogP contribution in [0.3, 0.4) is 0 Å². The highest BCUT2D eigenvalue weighted by Gasteiger charge is 2.10. The van der Waals surface area contributed by atoms with E-state index in [0.717, 1.165) is 6.54 Å². The second-order valence-corrected chi connectivity index (χ2v) is 2.54. The van der Waals surface area contributed by atoms with Gasteiger partial charge in [-0.3, -0.25) is 4.79 Å². The van der Waals surface area contributed by atoms with Gasteiger partial charge in [0.1, 0.15) is 6.10 Å². The Bertz CT molecular complexity index is 187. The molecule has 1 unspecified atom stereocenters. The molecule has 0 fully saturated rings. The highest BCUT2D eigenvalue weighted by Crippen LogP contribution is 1.89. The van der Waals surface area contributed by atoms with Crippen LogP contribution in [0.5, 0.6) is 0 Å². The van der Waals surface area contributed by atoms with Crippen LogP contribution in [0.4, 0.5) is 0 Å². The third-order valence-electron chi connectivity index (χ3n) is 1.45. The van der Waals surface area contributed by atoms with Crippen LogP contribution in [-0.2, 0) is 9.53 Å².